The zero-order chi connectivity index (χ0) is 12.5. The number of nitrogens with one attached hydrogen (secondary N) is 1. The van der Waals surface area contributed by atoms with Gasteiger partial charge in [0, 0.05) is 0 Å². The Labute approximate surface area is 104 Å². The Kier molecular flexibility index (Phi) is 6.67. The van der Waals surface area contributed by atoms with Gasteiger partial charge in [-0.2, -0.15) is 0 Å². The van der Waals surface area contributed by atoms with Crippen molar-refractivity contribution in [3.05, 3.63) is 29.8 Å². The Bertz CT molecular complexity index is 296. The SMILES string of the molecule is CC(C)Oc1ccc(CCNCCCN)cc1. The van der Waals surface area contributed by atoms with E-state index < -0.39 is 0 Å². The van der Waals surface area contributed by atoms with Crippen LogP contribution in [0.5, 0.6) is 5.75 Å². The predicted molar refractivity (Wildman–Crippen MR) is 72.5 cm³/mol. The minimum absolute atomic E-state index is 0.235. The van der Waals surface area contributed by atoms with E-state index in [4.69, 9.17) is 10.5 Å². The van der Waals surface area contributed by atoms with Crippen LogP contribution in [0.15, 0.2) is 24.3 Å². The van der Waals surface area contributed by atoms with Crippen molar-refractivity contribution in [2.45, 2.75) is 32.8 Å². The number of rotatable bonds is 8. The molecule has 0 aromatic heterocycles. The molecule has 3 heteroatoms. The number of hydrogen-bond donors (Lipinski definition) is 2. The van der Waals surface area contributed by atoms with Gasteiger partial charge >= 0.3 is 0 Å². The van der Waals surface area contributed by atoms with Crippen LogP contribution in [0.3, 0.4) is 0 Å². The number of benzene rings is 1. The summed E-state index contributed by atoms with van der Waals surface area (Å²) in [5.74, 6) is 0.944. The van der Waals surface area contributed by atoms with Crippen molar-refractivity contribution in [1.29, 1.82) is 0 Å². The lowest BCUT2D eigenvalue weighted by molar-refractivity contribution is 0.242. The summed E-state index contributed by atoms with van der Waals surface area (Å²) in [5.41, 5.74) is 6.76. The topological polar surface area (TPSA) is 47.3 Å². The van der Waals surface area contributed by atoms with Gasteiger partial charge < -0.3 is 15.8 Å². The summed E-state index contributed by atoms with van der Waals surface area (Å²) in [6, 6.07) is 8.33. The van der Waals surface area contributed by atoms with E-state index in [1.54, 1.807) is 0 Å². The second-order valence-electron chi connectivity index (χ2n) is 4.45. The molecule has 17 heavy (non-hydrogen) atoms. The molecule has 0 bridgehead atoms. The molecule has 0 saturated carbocycles. The summed E-state index contributed by atoms with van der Waals surface area (Å²) in [5, 5.41) is 3.37. The van der Waals surface area contributed by atoms with Crippen molar-refractivity contribution in [2.24, 2.45) is 5.73 Å². The molecular formula is C14H24N2O. The fourth-order valence-electron chi connectivity index (χ4n) is 1.59. The molecule has 0 aliphatic carbocycles. The Balaban J connectivity index is 2.25. The van der Waals surface area contributed by atoms with Crippen molar-refractivity contribution in [3.8, 4) is 5.75 Å². The Hall–Kier alpha value is -1.06. The van der Waals surface area contributed by atoms with E-state index in [0.29, 0.717) is 0 Å². The van der Waals surface area contributed by atoms with Crippen LogP contribution in [0.1, 0.15) is 25.8 Å². The molecule has 0 amide bonds. The molecule has 3 nitrogen and oxygen atoms in total. The molecule has 0 aliphatic rings. The molecule has 3 N–H and O–H groups in total. The van der Waals surface area contributed by atoms with Gasteiger partial charge in [0.25, 0.3) is 0 Å². The molecule has 0 radical (unpaired) electrons. The van der Waals surface area contributed by atoms with E-state index in [-0.39, 0.29) is 6.10 Å². The summed E-state index contributed by atoms with van der Waals surface area (Å²) in [6.45, 7) is 6.84. The van der Waals surface area contributed by atoms with Gasteiger partial charge in [-0.05, 0) is 64.0 Å². The standard InChI is InChI=1S/C14H24N2O/c1-12(2)17-14-6-4-13(5-7-14)8-11-16-10-3-9-15/h4-7,12,16H,3,8-11,15H2,1-2H3. The van der Waals surface area contributed by atoms with Gasteiger partial charge in [0.2, 0.25) is 0 Å². The molecule has 0 spiro atoms. The highest BCUT2D eigenvalue weighted by Crippen LogP contribution is 2.13. The first kappa shape index (κ1) is 14.0. The molecule has 0 atom stereocenters. The summed E-state index contributed by atoms with van der Waals surface area (Å²) >= 11 is 0. The second-order valence-corrected chi connectivity index (χ2v) is 4.45. The fraction of sp³-hybridized carbons (Fsp3) is 0.571. The van der Waals surface area contributed by atoms with E-state index in [1.807, 2.05) is 26.0 Å². The third-order valence-corrected chi connectivity index (χ3v) is 2.44. The van der Waals surface area contributed by atoms with Gasteiger partial charge in [0.05, 0.1) is 6.10 Å². The van der Waals surface area contributed by atoms with E-state index in [2.05, 4.69) is 17.4 Å². The molecule has 1 rings (SSSR count). The highest BCUT2D eigenvalue weighted by Gasteiger charge is 1.98. The first-order chi connectivity index (χ1) is 8.22. The zero-order valence-corrected chi connectivity index (χ0v) is 10.9. The van der Waals surface area contributed by atoms with Gasteiger partial charge in [0.1, 0.15) is 5.75 Å². The molecule has 0 fully saturated rings. The number of nitrogens with two attached hydrogens (primary N) is 1. The zero-order valence-electron chi connectivity index (χ0n) is 10.9. The van der Waals surface area contributed by atoms with Crippen molar-refractivity contribution >= 4 is 0 Å². The van der Waals surface area contributed by atoms with E-state index in [9.17, 15) is 0 Å². The van der Waals surface area contributed by atoms with Gasteiger partial charge in [-0.15, -0.1) is 0 Å². The van der Waals surface area contributed by atoms with Gasteiger partial charge in [-0.1, -0.05) is 12.1 Å². The van der Waals surface area contributed by atoms with Crippen LogP contribution in [0.25, 0.3) is 0 Å². The third kappa shape index (κ3) is 6.29. The summed E-state index contributed by atoms with van der Waals surface area (Å²) < 4.78 is 5.60. The second kappa shape index (κ2) is 8.09. The maximum Gasteiger partial charge on any atom is 0.119 e. The molecule has 0 aliphatic heterocycles. The van der Waals surface area contributed by atoms with Crippen molar-refractivity contribution in [2.75, 3.05) is 19.6 Å². The lowest BCUT2D eigenvalue weighted by atomic mass is 10.1. The molecule has 96 valence electrons. The van der Waals surface area contributed by atoms with Crippen LogP contribution in [0.2, 0.25) is 0 Å². The van der Waals surface area contributed by atoms with Crippen molar-refractivity contribution < 1.29 is 4.74 Å². The molecule has 1 aromatic rings. The third-order valence-electron chi connectivity index (χ3n) is 2.44. The Morgan fingerprint density at radius 1 is 1.18 bits per heavy atom. The monoisotopic (exact) mass is 236 g/mol. The Morgan fingerprint density at radius 2 is 1.88 bits per heavy atom. The molecule has 1 aromatic carbocycles. The number of ether oxygens (including phenoxy) is 1. The number of hydrogen-bond acceptors (Lipinski definition) is 3. The largest absolute Gasteiger partial charge is 0.491 e. The summed E-state index contributed by atoms with van der Waals surface area (Å²) in [4.78, 5) is 0. The first-order valence-electron chi connectivity index (χ1n) is 6.38. The molecule has 0 unspecified atom stereocenters. The minimum atomic E-state index is 0.235. The van der Waals surface area contributed by atoms with E-state index in [0.717, 1.165) is 38.2 Å². The average Bonchev–Trinajstić information content (AvgIpc) is 2.30. The van der Waals surface area contributed by atoms with Crippen LogP contribution in [0.4, 0.5) is 0 Å². The first-order valence-corrected chi connectivity index (χ1v) is 6.38. The van der Waals surface area contributed by atoms with Crippen LogP contribution in [-0.2, 0) is 6.42 Å². The highest BCUT2D eigenvalue weighted by molar-refractivity contribution is 5.27. The van der Waals surface area contributed by atoms with Gasteiger partial charge in [-0.3, -0.25) is 0 Å². The molecule has 0 heterocycles. The maximum atomic E-state index is 5.60. The minimum Gasteiger partial charge on any atom is -0.491 e. The van der Waals surface area contributed by atoms with Crippen LogP contribution in [-0.4, -0.2) is 25.7 Å². The van der Waals surface area contributed by atoms with Gasteiger partial charge in [0.15, 0.2) is 0 Å². The van der Waals surface area contributed by atoms with Crippen LogP contribution >= 0.6 is 0 Å². The maximum absolute atomic E-state index is 5.60. The highest BCUT2D eigenvalue weighted by atomic mass is 16.5. The van der Waals surface area contributed by atoms with E-state index >= 15 is 0 Å². The lowest BCUT2D eigenvalue weighted by Crippen LogP contribution is -2.20. The Morgan fingerprint density at radius 3 is 2.47 bits per heavy atom. The predicted octanol–water partition coefficient (Wildman–Crippen LogP) is 1.95. The van der Waals surface area contributed by atoms with Crippen LogP contribution < -0.4 is 15.8 Å². The average molecular weight is 236 g/mol. The lowest BCUT2D eigenvalue weighted by Gasteiger charge is -2.10. The molecule has 0 saturated heterocycles. The van der Waals surface area contributed by atoms with E-state index in [1.165, 1.54) is 5.56 Å². The normalized spacial score (nSPS) is 10.8. The fourth-order valence-corrected chi connectivity index (χ4v) is 1.59. The quantitative estimate of drug-likeness (QED) is 0.678. The van der Waals surface area contributed by atoms with Crippen molar-refractivity contribution in [1.82, 2.24) is 5.32 Å². The smallest absolute Gasteiger partial charge is 0.119 e. The van der Waals surface area contributed by atoms with Crippen LogP contribution in [0, 0.1) is 0 Å². The van der Waals surface area contributed by atoms with Gasteiger partial charge in [-0.25, -0.2) is 0 Å². The van der Waals surface area contributed by atoms with Crippen molar-refractivity contribution in [3.63, 3.8) is 0 Å². The summed E-state index contributed by atoms with van der Waals surface area (Å²) in [6.07, 6.45) is 2.33. The summed E-state index contributed by atoms with van der Waals surface area (Å²) in [7, 11) is 0. The molecular weight excluding hydrogens is 212 g/mol.